The van der Waals surface area contributed by atoms with Gasteiger partial charge in [0, 0.05) is 88.5 Å². The molecule has 0 aliphatic carbocycles. The lowest BCUT2D eigenvalue weighted by Gasteiger charge is -2.34. The first-order valence-corrected chi connectivity index (χ1v) is 25.6. The number of rotatable bonds is 11. The Morgan fingerprint density at radius 1 is 0.877 bits per heavy atom. The minimum Gasteiger partial charge on any atom is -0.508 e. The van der Waals surface area contributed by atoms with Gasteiger partial charge < -0.3 is 40.3 Å². The van der Waals surface area contributed by atoms with Crippen LogP contribution in [0.15, 0.2) is 79.0 Å². The number of nitrogens with zero attached hydrogens (tertiary/aromatic N) is 10. The number of anilines is 1. The summed E-state index contributed by atoms with van der Waals surface area (Å²) < 4.78 is 23.0. The molecule has 0 bridgehead atoms. The molecule has 3 aliphatic heterocycles. The molecule has 4 N–H and O–H groups in total. The number of hydrogen-bond donors (Lipinski definition) is 4. The van der Waals surface area contributed by atoms with E-state index in [0.29, 0.717) is 46.4 Å². The highest BCUT2D eigenvalue weighted by Crippen LogP contribution is 2.39. The van der Waals surface area contributed by atoms with Crippen LogP contribution in [0.4, 0.5) is 10.2 Å². The first kappa shape index (κ1) is 52.5. The number of likely N-dealkylation sites (N-methyl/N-ethyl adjacent to an activating group) is 1. The molecule has 386 valence electrons. The maximum absolute atomic E-state index is 16.0. The van der Waals surface area contributed by atoms with E-state index in [9.17, 15) is 15.0 Å². The lowest BCUT2D eigenvalue weighted by Crippen LogP contribution is -2.50. The van der Waals surface area contributed by atoms with E-state index in [-0.39, 0.29) is 46.4 Å². The number of aromatic nitrogens is 6. The zero-order chi connectivity index (χ0) is 51.8. The van der Waals surface area contributed by atoms with Crippen molar-refractivity contribution in [3.63, 3.8) is 0 Å². The Morgan fingerprint density at radius 3 is 2.25 bits per heavy atom. The van der Waals surface area contributed by atoms with E-state index in [1.54, 1.807) is 16.8 Å². The Balaban J connectivity index is 0.000000175. The number of phenolic OH excluding ortho intramolecular Hbond substituents is 2. The van der Waals surface area contributed by atoms with Crippen molar-refractivity contribution in [1.29, 1.82) is 0 Å². The van der Waals surface area contributed by atoms with Gasteiger partial charge in [0.15, 0.2) is 11.6 Å². The number of halogens is 1. The number of carbonyl (C=O) groups excluding carboxylic acids is 1. The fourth-order valence-electron chi connectivity index (χ4n) is 9.77. The summed E-state index contributed by atoms with van der Waals surface area (Å²) in [5.74, 6) is 0.239. The maximum atomic E-state index is 16.0. The van der Waals surface area contributed by atoms with Crippen molar-refractivity contribution in [2.45, 2.75) is 72.4 Å². The Kier molecular flexibility index (Phi) is 17.2. The number of ether oxygens (including phenoxy) is 1. The zero-order valence-electron chi connectivity index (χ0n) is 43.6. The molecule has 7 aromatic rings. The summed E-state index contributed by atoms with van der Waals surface area (Å²) in [4.78, 5) is 35.6. The standard InChI is InChI=1S/C26H34N6O3.C25H26FN5O.C5H11N/c1-5-27-26(35)25-29-28-24(21-14-20(17(2)3)22(33)15-23(21)34)32(25)19-8-6-18(7-9-19)16-31-12-10-30(4)11-13-31;1-4-17-14-31(12-11-27-17)24-19-13-28-22(21(26)23(19)29-25(30-24)32-3)18-10-6-9-16-8-5-7-15(2)20(16)18;1-6-4-2-3-5-6/h6-9,14-15,17,33-34H,5,10-13,16H2,1-4H3,(H,27,35);5-10,13,17,27H,4,11-12,14H2,1-3H3;2-5H2,1H3. The fraction of sp³-hybridized carbons (Fsp3) is 0.429. The van der Waals surface area contributed by atoms with Crippen LogP contribution in [0.2, 0.25) is 0 Å². The van der Waals surface area contributed by atoms with Crippen LogP contribution in [0, 0.1) is 12.7 Å². The number of hydrogen-bond acceptors (Lipinski definition) is 14. The molecule has 0 saturated carbocycles. The Bertz CT molecular complexity index is 3000. The van der Waals surface area contributed by atoms with Crippen LogP contribution in [-0.4, -0.2) is 153 Å². The number of piperazine rings is 2. The summed E-state index contributed by atoms with van der Waals surface area (Å²) in [6, 6.07) is 23.5. The fourth-order valence-corrected chi connectivity index (χ4v) is 9.77. The molecule has 3 fully saturated rings. The van der Waals surface area contributed by atoms with Crippen LogP contribution in [-0.2, 0) is 6.54 Å². The van der Waals surface area contributed by atoms with Gasteiger partial charge in [0.25, 0.3) is 5.91 Å². The monoisotopic (exact) mass is 995 g/mol. The molecule has 4 aromatic carbocycles. The molecule has 0 radical (unpaired) electrons. The molecule has 16 nitrogen and oxygen atoms in total. The Morgan fingerprint density at radius 2 is 1.59 bits per heavy atom. The number of aryl methyl sites for hydroxylation is 1. The number of aromatic hydroxyl groups is 2. The molecule has 10 rings (SSSR count). The number of carbonyl (C=O) groups is 1. The summed E-state index contributed by atoms with van der Waals surface area (Å²) in [7, 11) is 5.82. The van der Waals surface area contributed by atoms with Crippen molar-refractivity contribution in [1.82, 2.24) is 55.0 Å². The second-order valence-corrected chi connectivity index (χ2v) is 19.6. The predicted molar refractivity (Wildman–Crippen MR) is 288 cm³/mol. The smallest absolute Gasteiger partial charge is 0.318 e. The van der Waals surface area contributed by atoms with Crippen molar-refractivity contribution < 1.29 is 24.1 Å². The number of methoxy groups -OCH3 is 1. The molecule has 1 atom stereocenters. The lowest BCUT2D eigenvalue weighted by molar-refractivity contribution is 0.0943. The molecule has 1 unspecified atom stereocenters. The molecule has 3 saturated heterocycles. The molecular weight excluding hydrogens is 924 g/mol. The van der Waals surface area contributed by atoms with Crippen LogP contribution in [0.5, 0.6) is 17.5 Å². The van der Waals surface area contributed by atoms with Crippen molar-refractivity contribution in [2.24, 2.45) is 0 Å². The normalized spacial score (nSPS) is 16.6. The van der Waals surface area contributed by atoms with Crippen molar-refractivity contribution >= 4 is 33.4 Å². The third-order valence-corrected chi connectivity index (χ3v) is 14.0. The van der Waals surface area contributed by atoms with Gasteiger partial charge in [0.1, 0.15) is 28.5 Å². The van der Waals surface area contributed by atoms with Crippen molar-refractivity contribution in [3.05, 3.63) is 107 Å². The number of fused-ring (bicyclic) bond motifs is 2. The van der Waals surface area contributed by atoms with E-state index in [2.05, 4.69) is 88.5 Å². The Hall–Kier alpha value is -6.79. The summed E-state index contributed by atoms with van der Waals surface area (Å²) >= 11 is 0. The first-order chi connectivity index (χ1) is 35.3. The average molecular weight is 995 g/mol. The molecule has 17 heteroatoms. The van der Waals surface area contributed by atoms with E-state index < -0.39 is 5.82 Å². The quantitative estimate of drug-likeness (QED) is 0.0978. The van der Waals surface area contributed by atoms with E-state index in [4.69, 9.17) is 4.74 Å². The van der Waals surface area contributed by atoms with E-state index >= 15 is 4.39 Å². The van der Waals surface area contributed by atoms with E-state index in [1.807, 2.05) is 76.2 Å². The summed E-state index contributed by atoms with van der Waals surface area (Å²) in [5, 5.41) is 38.3. The molecular formula is C56H71FN12O4. The van der Waals surface area contributed by atoms with Crippen molar-refractivity contribution in [3.8, 4) is 45.8 Å². The molecule has 73 heavy (non-hydrogen) atoms. The SMILES string of the molecule is CCC1CN(c2nc(OC)nc3c(F)c(-c4cccc5cccc(C)c45)ncc23)CCN1.CCNC(=O)c1nnc(-c2cc(C(C)C)c(O)cc2O)n1-c1ccc(CN2CCN(C)CC2)cc1.CN1CCCC1. The van der Waals surface area contributed by atoms with Gasteiger partial charge >= 0.3 is 6.01 Å². The zero-order valence-corrected chi connectivity index (χ0v) is 43.6. The van der Waals surface area contributed by atoms with Crippen LogP contribution in [0.3, 0.4) is 0 Å². The number of nitrogens with one attached hydrogen (secondary N) is 2. The van der Waals surface area contributed by atoms with Crippen LogP contribution >= 0.6 is 0 Å². The number of benzene rings is 4. The van der Waals surface area contributed by atoms with Crippen LogP contribution in [0.25, 0.3) is 50.0 Å². The Labute approximate surface area is 428 Å². The highest BCUT2D eigenvalue weighted by molar-refractivity contribution is 6.00. The van der Waals surface area contributed by atoms with E-state index in [1.165, 1.54) is 44.7 Å². The largest absolute Gasteiger partial charge is 0.508 e. The maximum Gasteiger partial charge on any atom is 0.318 e. The van der Waals surface area contributed by atoms with E-state index in [0.717, 1.165) is 80.7 Å². The number of phenols is 2. The average Bonchev–Trinajstić information content (AvgIpc) is 4.07. The van der Waals surface area contributed by atoms with Crippen molar-refractivity contribution in [2.75, 3.05) is 91.6 Å². The number of likely N-dealkylation sites (tertiary alicyclic amines) is 1. The summed E-state index contributed by atoms with van der Waals surface area (Å²) in [5.41, 5.74) is 5.32. The molecule has 3 aromatic heterocycles. The van der Waals surface area contributed by atoms with Gasteiger partial charge in [0.05, 0.1) is 18.1 Å². The molecule has 1 amide bonds. The third-order valence-electron chi connectivity index (χ3n) is 14.0. The number of pyridine rings is 1. The van der Waals surface area contributed by atoms with Gasteiger partial charge in [-0.05, 0) is 112 Å². The number of amides is 1. The summed E-state index contributed by atoms with van der Waals surface area (Å²) in [6.07, 6.45) is 5.53. The van der Waals surface area contributed by atoms with Gasteiger partial charge in [-0.25, -0.2) is 4.39 Å². The highest BCUT2D eigenvalue weighted by atomic mass is 19.1. The molecule has 0 spiro atoms. The van der Waals surface area contributed by atoms with Gasteiger partial charge in [-0.1, -0.05) is 69.3 Å². The van der Waals surface area contributed by atoms with Crippen LogP contribution < -0.4 is 20.3 Å². The second-order valence-electron chi connectivity index (χ2n) is 19.6. The second kappa shape index (κ2) is 23.8. The van der Waals surface area contributed by atoms with Gasteiger partial charge in [-0.3, -0.25) is 19.2 Å². The predicted octanol–water partition coefficient (Wildman–Crippen LogP) is 8.17. The minimum atomic E-state index is -0.456. The topological polar surface area (TPSA) is 173 Å². The van der Waals surface area contributed by atoms with Gasteiger partial charge in [-0.2, -0.15) is 9.97 Å². The third kappa shape index (κ3) is 12.0. The van der Waals surface area contributed by atoms with Gasteiger partial charge in [0.2, 0.25) is 5.82 Å². The molecule has 6 heterocycles. The minimum absolute atomic E-state index is 0.0181. The van der Waals surface area contributed by atoms with Gasteiger partial charge in [-0.15, -0.1) is 10.2 Å². The lowest BCUT2D eigenvalue weighted by atomic mass is 9.97. The molecule has 3 aliphatic rings. The first-order valence-electron chi connectivity index (χ1n) is 25.6. The highest BCUT2D eigenvalue weighted by Gasteiger charge is 2.27. The van der Waals surface area contributed by atoms with Crippen LogP contribution in [0.1, 0.15) is 80.2 Å². The summed E-state index contributed by atoms with van der Waals surface area (Å²) in [6.45, 7) is 20.5.